The van der Waals surface area contributed by atoms with Gasteiger partial charge in [0.15, 0.2) is 11.5 Å². The number of hydrogen-bond donors (Lipinski definition) is 2. The van der Waals surface area contributed by atoms with E-state index in [-0.39, 0.29) is 10.9 Å². The van der Waals surface area contributed by atoms with Crippen LogP contribution in [0.3, 0.4) is 0 Å². The third-order valence-corrected chi connectivity index (χ3v) is 3.80. The fourth-order valence-corrected chi connectivity index (χ4v) is 2.45. The Labute approximate surface area is 143 Å². The predicted octanol–water partition coefficient (Wildman–Crippen LogP) is 3.69. The molecule has 0 saturated heterocycles. The van der Waals surface area contributed by atoms with Crippen molar-refractivity contribution in [3.8, 4) is 11.5 Å². The molecule has 24 heavy (non-hydrogen) atoms. The van der Waals surface area contributed by atoms with Crippen LogP contribution in [0.5, 0.6) is 11.5 Å². The number of halogens is 2. The molecule has 1 aliphatic rings. The molecule has 2 aromatic carbocycles. The van der Waals surface area contributed by atoms with Crippen LogP contribution in [0.15, 0.2) is 36.4 Å². The zero-order valence-corrected chi connectivity index (χ0v) is 13.7. The Morgan fingerprint density at radius 3 is 2.58 bits per heavy atom. The van der Waals surface area contributed by atoms with Crippen LogP contribution < -0.4 is 20.1 Å². The molecule has 5 nitrogen and oxygen atoms in total. The Kier molecular flexibility index (Phi) is 4.76. The SMILES string of the molecule is CC(Nc1ccc2c(c1)OCCO2)C(=O)Nc1ccc(F)c(Cl)c1. The summed E-state index contributed by atoms with van der Waals surface area (Å²) in [5.74, 6) is 0.527. The van der Waals surface area contributed by atoms with Crippen LogP contribution in [-0.2, 0) is 4.79 Å². The molecule has 1 heterocycles. The van der Waals surface area contributed by atoms with Crippen molar-refractivity contribution in [1.82, 2.24) is 0 Å². The van der Waals surface area contributed by atoms with E-state index < -0.39 is 11.9 Å². The number of carbonyl (C=O) groups excluding carboxylic acids is 1. The summed E-state index contributed by atoms with van der Waals surface area (Å²) in [5.41, 5.74) is 1.17. The monoisotopic (exact) mass is 350 g/mol. The average Bonchev–Trinajstić information content (AvgIpc) is 2.58. The minimum atomic E-state index is -0.530. The van der Waals surface area contributed by atoms with E-state index in [4.69, 9.17) is 21.1 Å². The molecule has 1 aliphatic heterocycles. The maximum Gasteiger partial charge on any atom is 0.246 e. The molecule has 0 fully saturated rings. The third-order valence-electron chi connectivity index (χ3n) is 3.51. The summed E-state index contributed by atoms with van der Waals surface area (Å²) in [6, 6.07) is 8.90. The van der Waals surface area contributed by atoms with Crippen LogP contribution in [0.2, 0.25) is 5.02 Å². The molecule has 1 unspecified atom stereocenters. The molecule has 1 amide bonds. The van der Waals surface area contributed by atoms with E-state index in [1.54, 1.807) is 19.1 Å². The number of ether oxygens (including phenoxy) is 2. The first-order chi connectivity index (χ1) is 11.5. The van der Waals surface area contributed by atoms with Crippen molar-refractivity contribution in [3.05, 3.63) is 47.2 Å². The Morgan fingerprint density at radius 2 is 1.83 bits per heavy atom. The lowest BCUT2D eigenvalue weighted by Crippen LogP contribution is -2.31. The van der Waals surface area contributed by atoms with Crippen LogP contribution in [0.4, 0.5) is 15.8 Å². The minimum absolute atomic E-state index is 0.0414. The molecule has 0 aromatic heterocycles. The molecule has 2 aromatic rings. The molecular weight excluding hydrogens is 335 g/mol. The van der Waals surface area contributed by atoms with Crippen molar-refractivity contribution in [1.29, 1.82) is 0 Å². The highest BCUT2D eigenvalue weighted by Crippen LogP contribution is 2.32. The summed E-state index contributed by atoms with van der Waals surface area (Å²) in [6.07, 6.45) is 0. The number of benzene rings is 2. The summed E-state index contributed by atoms with van der Waals surface area (Å²) in [6.45, 7) is 2.74. The number of carbonyl (C=O) groups is 1. The molecule has 3 rings (SSSR count). The summed E-state index contributed by atoms with van der Waals surface area (Å²) < 4.78 is 24.1. The van der Waals surface area contributed by atoms with Gasteiger partial charge >= 0.3 is 0 Å². The Morgan fingerprint density at radius 1 is 1.12 bits per heavy atom. The minimum Gasteiger partial charge on any atom is -0.486 e. The number of fused-ring (bicyclic) bond motifs is 1. The van der Waals surface area contributed by atoms with E-state index in [1.165, 1.54) is 18.2 Å². The summed E-state index contributed by atoms with van der Waals surface area (Å²) in [5, 5.41) is 5.73. The van der Waals surface area contributed by atoms with Crippen LogP contribution in [0.1, 0.15) is 6.92 Å². The van der Waals surface area contributed by atoms with E-state index in [2.05, 4.69) is 10.6 Å². The molecule has 0 saturated carbocycles. The van der Waals surface area contributed by atoms with Gasteiger partial charge in [0.25, 0.3) is 0 Å². The van der Waals surface area contributed by atoms with E-state index >= 15 is 0 Å². The third kappa shape index (κ3) is 3.71. The molecule has 0 radical (unpaired) electrons. The van der Waals surface area contributed by atoms with E-state index in [1.807, 2.05) is 6.07 Å². The van der Waals surface area contributed by atoms with Crippen molar-refractivity contribution in [2.24, 2.45) is 0 Å². The molecule has 0 bridgehead atoms. The van der Waals surface area contributed by atoms with Gasteiger partial charge in [0.2, 0.25) is 5.91 Å². The number of anilines is 2. The zero-order valence-electron chi connectivity index (χ0n) is 12.9. The topological polar surface area (TPSA) is 59.6 Å². The molecule has 126 valence electrons. The zero-order chi connectivity index (χ0) is 17.1. The number of nitrogens with one attached hydrogen (secondary N) is 2. The second-order valence-electron chi connectivity index (χ2n) is 5.34. The summed E-state index contributed by atoms with van der Waals surface area (Å²) >= 11 is 5.71. The van der Waals surface area contributed by atoms with Crippen molar-refractivity contribution < 1.29 is 18.7 Å². The molecule has 7 heteroatoms. The highest BCUT2D eigenvalue weighted by molar-refractivity contribution is 6.31. The van der Waals surface area contributed by atoms with Crippen molar-refractivity contribution in [2.45, 2.75) is 13.0 Å². The fraction of sp³-hybridized carbons (Fsp3) is 0.235. The first-order valence-corrected chi connectivity index (χ1v) is 7.83. The van der Waals surface area contributed by atoms with E-state index in [0.29, 0.717) is 30.4 Å². The van der Waals surface area contributed by atoms with Crippen LogP contribution in [0.25, 0.3) is 0 Å². The second-order valence-corrected chi connectivity index (χ2v) is 5.75. The van der Waals surface area contributed by atoms with Crippen molar-refractivity contribution in [2.75, 3.05) is 23.8 Å². The van der Waals surface area contributed by atoms with E-state index in [0.717, 1.165) is 5.69 Å². The van der Waals surface area contributed by atoms with Gasteiger partial charge in [-0.25, -0.2) is 4.39 Å². The van der Waals surface area contributed by atoms with Crippen LogP contribution >= 0.6 is 11.6 Å². The van der Waals surface area contributed by atoms with Gasteiger partial charge in [0.1, 0.15) is 25.1 Å². The van der Waals surface area contributed by atoms with Crippen LogP contribution in [-0.4, -0.2) is 25.2 Å². The normalized spacial score (nSPS) is 14.0. The standard InChI is InChI=1S/C17H16ClFN2O3/c1-10(17(22)21-11-2-4-14(19)13(18)8-11)20-12-3-5-15-16(9-12)24-7-6-23-15/h2-5,8-10,20H,6-7H2,1H3,(H,21,22). The number of rotatable bonds is 4. The van der Waals surface area contributed by atoms with Gasteiger partial charge in [0, 0.05) is 17.4 Å². The van der Waals surface area contributed by atoms with Gasteiger partial charge in [-0.3, -0.25) is 4.79 Å². The van der Waals surface area contributed by atoms with Gasteiger partial charge < -0.3 is 20.1 Å². The fourth-order valence-electron chi connectivity index (χ4n) is 2.27. The molecule has 0 aliphatic carbocycles. The largest absolute Gasteiger partial charge is 0.486 e. The molecule has 2 N–H and O–H groups in total. The lowest BCUT2D eigenvalue weighted by molar-refractivity contribution is -0.116. The van der Waals surface area contributed by atoms with Gasteiger partial charge in [-0.05, 0) is 37.3 Å². The van der Waals surface area contributed by atoms with Gasteiger partial charge in [-0.1, -0.05) is 11.6 Å². The first-order valence-electron chi connectivity index (χ1n) is 7.45. The quantitative estimate of drug-likeness (QED) is 0.883. The highest BCUT2D eigenvalue weighted by atomic mass is 35.5. The lowest BCUT2D eigenvalue weighted by atomic mass is 10.2. The molecular formula is C17H16ClFN2O3. The van der Waals surface area contributed by atoms with Crippen LogP contribution in [0, 0.1) is 5.82 Å². The second kappa shape index (κ2) is 6.97. The first kappa shape index (κ1) is 16.4. The average molecular weight is 351 g/mol. The Bertz CT molecular complexity index is 769. The van der Waals surface area contributed by atoms with Crippen molar-refractivity contribution in [3.63, 3.8) is 0 Å². The van der Waals surface area contributed by atoms with Crippen molar-refractivity contribution >= 4 is 28.9 Å². The molecule has 0 spiro atoms. The Balaban J connectivity index is 1.64. The number of hydrogen-bond acceptors (Lipinski definition) is 4. The van der Waals surface area contributed by atoms with Gasteiger partial charge in [-0.15, -0.1) is 0 Å². The van der Waals surface area contributed by atoms with Gasteiger partial charge in [0.05, 0.1) is 5.02 Å². The maximum atomic E-state index is 13.1. The number of amides is 1. The summed E-state index contributed by atoms with van der Waals surface area (Å²) in [7, 11) is 0. The smallest absolute Gasteiger partial charge is 0.246 e. The maximum absolute atomic E-state index is 13.1. The molecule has 1 atom stereocenters. The lowest BCUT2D eigenvalue weighted by Gasteiger charge is -2.20. The van der Waals surface area contributed by atoms with E-state index in [9.17, 15) is 9.18 Å². The highest BCUT2D eigenvalue weighted by Gasteiger charge is 2.16. The Hall–Kier alpha value is -2.47. The summed E-state index contributed by atoms with van der Waals surface area (Å²) in [4.78, 5) is 12.2. The predicted molar refractivity (Wildman–Crippen MR) is 90.6 cm³/mol. The van der Waals surface area contributed by atoms with Gasteiger partial charge in [-0.2, -0.15) is 0 Å².